The minimum atomic E-state index is -0.484. The molecule has 4 rings (SSSR count). The first-order valence-electron chi connectivity index (χ1n) is 8.19. The molecular formula is C17H21Cl2FN4OS. The van der Waals surface area contributed by atoms with Gasteiger partial charge < -0.3 is 10.2 Å². The highest BCUT2D eigenvalue weighted by atomic mass is 35.5. The van der Waals surface area contributed by atoms with Crippen LogP contribution in [0.1, 0.15) is 34.6 Å². The van der Waals surface area contributed by atoms with Crippen molar-refractivity contribution in [1.82, 2.24) is 20.2 Å². The molecule has 2 fully saturated rings. The molecule has 1 amide bonds. The van der Waals surface area contributed by atoms with Gasteiger partial charge in [0.05, 0.1) is 18.3 Å². The van der Waals surface area contributed by atoms with E-state index in [0.29, 0.717) is 12.1 Å². The molecule has 1 N–H and O–H groups in total. The first-order chi connectivity index (χ1) is 11.7. The number of carbonyl (C=O) groups is 1. The maximum absolute atomic E-state index is 13.5. The van der Waals surface area contributed by atoms with Crippen LogP contribution in [0, 0.1) is 11.2 Å². The Balaban J connectivity index is 0.00000121. The molecule has 3 heterocycles. The Hall–Kier alpha value is -1.28. The van der Waals surface area contributed by atoms with Gasteiger partial charge in [0.25, 0.3) is 5.91 Å². The van der Waals surface area contributed by atoms with Gasteiger partial charge in [0.15, 0.2) is 0 Å². The molecule has 2 aromatic rings. The summed E-state index contributed by atoms with van der Waals surface area (Å²) in [7, 11) is 0. The van der Waals surface area contributed by atoms with Crippen molar-refractivity contribution in [1.29, 1.82) is 0 Å². The molecule has 1 aliphatic heterocycles. The average molecular weight is 419 g/mol. The molecule has 1 unspecified atom stereocenters. The molecular weight excluding hydrogens is 398 g/mol. The Bertz CT molecular complexity index is 740. The predicted molar refractivity (Wildman–Crippen MR) is 104 cm³/mol. The number of hydrogen-bond acceptors (Lipinski definition) is 5. The lowest BCUT2D eigenvalue weighted by Gasteiger charge is -2.29. The Morgan fingerprint density at radius 1 is 1.35 bits per heavy atom. The number of hydrogen-bond donors (Lipinski definition) is 1. The molecule has 26 heavy (non-hydrogen) atoms. The second-order valence-electron chi connectivity index (χ2n) is 6.58. The van der Waals surface area contributed by atoms with Crippen molar-refractivity contribution < 1.29 is 9.18 Å². The highest BCUT2D eigenvalue weighted by molar-refractivity contribution is 7.09. The number of nitrogens with one attached hydrogen (secondary N) is 1. The number of nitrogens with zero attached hydrogens (tertiary/aromatic N) is 3. The van der Waals surface area contributed by atoms with Gasteiger partial charge in [-0.1, -0.05) is 0 Å². The summed E-state index contributed by atoms with van der Waals surface area (Å²) in [5.41, 5.74) is 0.529. The van der Waals surface area contributed by atoms with Gasteiger partial charge in [0.1, 0.15) is 10.8 Å². The van der Waals surface area contributed by atoms with Crippen molar-refractivity contribution in [2.24, 2.45) is 5.41 Å². The van der Waals surface area contributed by atoms with E-state index in [1.54, 1.807) is 17.5 Å². The molecule has 0 bridgehead atoms. The molecule has 1 saturated carbocycles. The SMILES string of the molecule is Cl.Cl.O=C(c1cncc(F)c1)N(Cc1nccs1)C1CC12CCNCC2. The molecule has 2 aromatic heterocycles. The number of piperidine rings is 1. The zero-order valence-corrected chi connectivity index (χ0v) is 16.5. The van der Waals surface area contributed by atoms with E-state index in [9.17, 15) is 9.18 Å². The lowest BCUT2D eigenvalue weighted by molar-refractivity contribution is 0.0691. The summed E-state index contributed by atoms with van der Waals surface area (Å²) in [6, 6.07) is 1.47. The van der Waals surface area contributed by atoms with E-state index in [4.69, 9.17) is 0 Å². The molecule has 5 nitrogen and oxygen atoms in total. The lowest BCUT2D eigenvalue weighted by atomic mass is 9.93. The normalized spacial score (nSPS) is 20.0. The minimum absolute atomic E-state index is 0. The van der Waals surface area contributed by atoms with Gasteiger partial charge in [-0.25, -0.2) is 9.37 Å². The molecule has 2 aliphatic rings. The summed E-state index contributed by atoms with van der Waals surface area (Å²) in [5, 5.41) is 6.20. The van der Waals surface area contributed by atoms with Crippen LogP contribution in [0.15, 0.2) is 30.0 Å². The van der Waals surface area contributed by atoms with Gasteiger partial charge in [0.2, 0.25) is 0 Å². The van der Waals surface area contributed by atoms with Crippen LogP contribution < -0.4 is 5.32 Å². The Morgan fingerprint density at radius 2 is 2.12 bits per heavy atom. The highest BCUT2D eigenvalue weighted by Crippen LogP contribution is 2.56. The van der Waals surface area contributed by atoms with E-state index < -0.39 is 5.82 Å². The standard InChI is InChI=1S/C17H19FN4OS.2ClH/c18-13-7-12(9-20-10-13)16(23)22(11-15-21-5-6-24-15)14-8-17(14)1-3-19-4-2-17;;/h5-7,9-10,14,19H,1-4,8,11H2;2*1H. The monoisotopic (exact) mass is 418 g/mol. The summed E-state index contributed by atoms with van der Waals surface area (Å²) in [4.78, 5) is 23.0. The Kier molecular flexibility index (Phi) is 6.96. The third-order valence-corrected chi connectivity index (χ3v) is 5.89. The van der Waals surface area contributed by atoms with Crippen LogP contribution in [-0.4, -0.2) is 39.9 Å². The van der Waals surface area contributed by atoms with E-state index in [1.165, 1.54) is 12.3 Å². The van der Waals surface area contributed by atoms with Gasteiger partial charge in [-0.15, -0.1) is 36.2 Å². The van der Waals surface area contributed by atoms with Crippen LogP contribution >= 0.6 is 36.2 Å². The fourth-order valence-electron chi connectivity index (χ4n) is 3.72. The van der Waals surface area contributed by atoms with E-state index in [0.717, 1.165) is 43.6 Å². The largest absolute Gasteiger partial charge is 0.328 e. The number of pyridine rings is 1. The topological polar surface area (TPSA) is 58.1 Å². The van der Waals surface area contributed by atoms with Crippen LogP contribution in [0.4, 0.5) is 4.39 Å². The van der Waals surface area contributed by atoms with Crippen molar-refractivity contribution >= 4 is 42.1 Å². The van der Waals surface area contributed by atoms with E-state index in [-0.39, 0.29) is 42.2 Å². The second-order valence-corrected chi connectivity index (χ2v) is 7.56. The first-order valence-corrected chi connectivity index (χ1v) is 9.07. The number of rotatable bonds is 4. The second kappa shape index (κ2) is 8.61. The van der Waals surface area contributed by atoms with Crippen molar-refractivity contribution in [3.63, 3.8) is 0 Å². The number of halogens is 3. The number of thiazole rings is 1. The summed E-state index contributed by atoms with van der Waals surface area (Å²) in [5.74, 6) is -0.639. The highest BCUT2D eigenvalue weighted by Gasteiger charge is 2.57. The average Bonchev–Trinajstić information content (AvgIpc) is 3.04. The van der Waals surface area contributed by atoms with Crippen LogP contribution in [0.5, 0.6) is 0 Å². The molecule has 142 valence electrons. The quantitative estimate of drug-likeness (QED) is 0.827. The number of amides is 1. The van der Waals surface area contributed by atoms with Crippen molar-refractivity contribution in [2.75, 3.05) is 13.1 Å². The predicted octanol–water partition coefficient (Wildman–Crippen LogP) is 3.31. The molecule has 1 spiro atoms. The zero-order valence-electron chi connectivity index (χ0n) is 14.1. The van der Waals surface area contributed by atoms with Gasteiger partial charge in [-0.05, 0) is 43.8 Å². The Labute approximate surface area is 168 Å². The third-order valence-electron chi connectivity index (χ3n) is 5.12. The summed E-state index contributed by atoms with van der Waals surface area (Å²) >= 11 is 1.54. The van der Waals surface area contributed by atoms with Gasteiger partial charge in [-0.3, -0.25) is 9.78 Å². The molecule has 0 aromatic carbocycles. The number of aromatic nitrogens is 2. The fraction of sp³-hybridized carbons (Fsp3) is 0.471. The molecule has 1 atom stereocenters. The maximum atomic E-state index is 13.5. The summed E-state index contributed by atoms with van der Waals surface area (Å²) < 4.78 is 13.5. The van der Waals surface area contributed by atoms with Gasteiger partial charge in [0, 0.05) is 23.8 Å². The molecule has 1 aliphatic carbocycles. The Morgan fingerprint density at radius 3 is 2.77 bits per heavy atom. The number of carbonyl (C=O) groups excluding carboxylic acids is 1. The van der Waals surface area contributed by atoms with Crippen LogP contribution in [0.3, 0.4) is 0 Å². The van der Waals surface area contributed by atoms with Crippen molar-refractivity contribution in [2.45, 2.75) is 31.8 Å². The minimum Gasteiger partial charge on any atom is -0.328 e. The third kappa shape index (κ3) is 4.17. The van der Waals surface area contributed by atoms with Gasteiger partial charge >= 0.3 is 0 Å². The maximum Gasteiger partial charge on any atom is 0.256 e. The van der Waals surface area contributed by atoms with Gasteiger partial charge in [-0.2, -0.15) is 0 Å². The van der Waals surface area contributed by atoms with E-state index >= 15 is 0 Å². The molecule has 0 radical (unpaired) electrons. The van der Waals surface area contributed by atoms with Crippen LogP contribution in [-0.2, 0) is 6.54 Å². The van der Waals surface area contributed by atoms with Crippen LogP contribution in [0.2, 0.25) is 0 Å². The summed E-state index contributed by atoms with van der Waals surface area (Å²) in [6.45, 7) is 2.47. The van der Waals surface area contributed by atoms with Crippen molar-refractivity contribution in [3.8, 4) is 0 Å². The van der Waals surface area contributed by atoms with Crippen LogP contribution in [0.25, 0.3) is 0 Å². The lowest BCUT2D eigenvalue weighted by Crippen LogP contribution is -2.39. The van der Waals surface area contributed by atoms with E-state index in [1.807, 2.05) is 10.3 Å². The van der Waals surface area contributed by atoms with Crippen molar-refractivity contribution in [3.05, 3.63) is 46.4 Å². The fourth-order valence-corrected chi connectivity index (χ4v) is 4.34. The zero-order chi connectivity index (χ0) is 16.6. The smallest absolute Gasteiger partial charge is 0.256 e. The molecule has 9 heteroatoms. The van der Waals surface area contributed by atoms with E-state index in [2.05, 4.69) is 15.3 Å². The molecule has 1 saturated heterocycles. The first kappa shape index (κ1) is 21.0. The summed E-state index contributed by atoms with van der Waals surface area (Å²) in [6.07, 6.45) is 7.50.